The number of amides is 1. The lowest BCUT2D eigenvalue weighted by Crippen LogP contribution is -2.40. The minimum Gasteiger partial charge on any atom is -0.339 e. The van der Waals surface area contributed by atoms with Crippen LogP contribution in [0.2, 0.25) is 0 Å². The van der Waals surface area contributed by atoms with E-state index in [4.69, 9.17) is 0 Å². The second-order valence-electron chi connectivity index (χ2n) is 7.40. The fraction of sp³-hybridized carbons (Fsp3) is 0.667. The summed E-state index contributed by atoms with van der Waals surface area (Å²) in [5.41, 5.74) is 2.10. The molecule has 0 unspecified atom stereocenters. The molecule has 0 aromatic heterocycles. The zero-order valence-corrected chi connectivity index (χ0v) is 16.4. The first kappa shape index (κ1) is 19.9. The largest absolute Gasteiger partial charge is 0.339 e. The van der Waals surface area contributed by atoms with Gasteiger partial charge in [0.05, 0.1) is 0 Å². The monoisotopic (exact) mass is 345 g/mol. The zero-order chi connectivity index (χ0) is 18.2. The highest BCUT2D eigenvalue weighted by molar-refractivity contribution is 5.94. The van der Waals surface area contributed by atoms with Gasteiger partial charge in [-0.3, -0.25) is 9.69 Å². The molecule has 4 nitrogen and oxygen atoms in total. The smallest absolute Gasteiger partial charge is 0.253 e. The first-order chi connectivity index (χ1) is 12.0. The van der Waals surface area contributed by atoms with E-state index in [2.05, 4.69) is 50.0 Å². The average Bonchev–Trinajstić information content (AvgIpc) is 2.64. The van der Waals surface area contributed by atoms with Crippen molar-refractivity contribution in [2.75, 3.05) is 32.7 Å². The molecule has 140 valence electrons. The van der Waals surface area contributed by atoms with Crippen molar-refractivity contribution in [2.24, 2.45) is 5.92 Å². The van der Waals surface area contributed by atoms with Crippen molar-refractivity contribution < 1.29 is 4.79 Å². The minimum atomic E-state index is 0.185. The van der Waals surface area contributed by atoms with Crippen molar-refractivity contribution in [1.29, 1.82) is 0 Å². The van der Waals surface area contributed by atoms with Gasteiger partial charge < -0.3 is 10.2 Å². The summed E-state index contributed by atoms with van der Waals surface area (Å²) in [6, 6.07) is 8.74. The molecule has 0 spiro atoms. The number of carbonyl (C=O) groups is 1. The van der Waals surface area contributed by atoms with Gasteiger partial charge in [-0.05, 0) is 69.9 Å². The highest BCUT2D eigenvalue weighted by atomic mass is 16.2. The summed E-state index contributed by atoms with van der Waals surface area (Å²) < 4.78 is 0. The van der Waals surface area contributed by atoms with Gasteiger partial charge in [-0.25, -0.2) is 0 Å². The highest BCUT2D eigenvalue weighted by Crippen LogP contribution is 2.19. The molecular formula is C21H35N3O. The van der Waals surface area contributed by atoms with Crippen LogP contribution in [0.25, 0.3) is 0 Å². The van der Waals surface area contributed by atoms with Crippen LogP contribution in [0.5, 0.6) is 0 Å². The number of nitrogens with one attached hydrogen (secondary N) is 1. The lowest BCUT2D eigenvalue weighted by Gasteiger charge is -2.32. The summed E-state index contributed by atoms with van der Waals surface area (Å²) in [5, 5.41) is 3.42. The Labute approximate surface area is 153 Å². The molecule has 0 radical (unpaired) electrons. The molecule has 1 heterocycles. The SMILES string of the molecule is CCNCC1CCN(C(=O)c2ccc(CN(CC)C(C)C)cc2)CC1. The first-order valence-corrected chi connectivity index (χ1v) is 9.88. The van der Waals surface area contributed by atoms with Gasteiger partial charge in [-0.1, -0.05) is 26.0 Å². The van der Waals surface area contributed by atoms with E-state index in [9.17, 15) is 4.79 Å². The zero-order valence-electron chi connectivity index (χ0n) is 16.4. The van der Waals surface area contributed by atoms with Crippen LogP contribution < -0.4 is 5.32 Å². The molecule has 0 atom stereocenters. The Morgan fingerprint density at radius 3 is 2.36 bits per heavy atom. The molecule has 25 heavy (non-hydrogen) atoms. The Balaban J connectivity index is 1.88. The summed E-state index contributed by atoms with van der Waals surface area (Å²) in [7, 11) is 0. The number of hydrogen-bond donors (Lipinski definition) is 1. The molecular weight excluding hydrogens is 310 g/mol. The van der Waals surface area contributed by atoms with Crippen molar-refractivity contribution >= 4 is 5.91 Å². The number of rotatable bonds is 8. The second kappa shape index (κ2) is 9.93. The fourth-order valence-corrected chi connectivity index (χ4v) is 3.52. The van der Waals surface area contributed by atoms with Gasteiger partial charge in [0.2, 0.25) is 0 Å². The van der Waals surface area contributed by atoms with Gasteiger partial charge >= 0.3 is 0 Å². The van der Waals surface area contributed by atoms with Crippen LogP contribution in [-0.4, -0.2) is 54.5 Å². The number of likely N-dealkylation sites (tertiary alicyclic amines) is 1. The van der Waals surface area contributed by atoms with E-state index in [0.29, 0.717) is 12.0 Å². The number of nitrogens with zero attached hydrogens (tertiary/aromatic N) is 2. The van der Waals surface area contributed by atoms with Crippen LogP contribution in [0, 0.1) is 5.92 Å². The predicted octanol–water partition coefficient (Wildman–Crippen LogP) is 3.38. The number of piperidine rings is 1. The average molecular weight is 346 g/mol. The summed E-state index contributed by atoms with van der Waals surface area (Å²) >= 11 is 0. The predicted molar refractivity (Wildman–Crippen MR) is 105 cm³/mol. The van der Waals surface area contributed by atoms with E-state index in [1.54, 1.807) is 0 Å². The molecule has 1 aromatic rings. The van der Waals surface area contributed by atoms with Crippen LogP contribution in [0.15, 0.2) is 24.3 Å². The number of benzene rings is 1. The molecule has 1 aliphatic rings. The lowest BCUT2D eigenvalue weighted by molar-refractivity contribution is 0.0690. The molecule has 1 aliphatic heterocycles. The van der Waals surface area contributed by atoms with Crippen molar-refractivity contribution in [3.05, 3.63) is 35.4 Å². The van der Waals surface area contributed by atoms with Gasteiger partial charge in [0.25, 0.3) is 5.91 Å². The van der Waals surface area contributed by atoms with Gasteiger partial charge in [0.1, 0.15) is 0 Å². The van der Waals surface area contributed by atoms with E-state index in [0.717, 1.165) is 57.7 Å². The molecule has 1 fully saturated rings. The van der Waals surface area contributed by atoms with Crippen LogP contribution in [0.3, 0.4) is 0 Å². The maximum Gasteiger partial charge on any atom is 0.253 e. The van der Waals surface area contributed by atoms with Crippen molar-refractivity contribution in [3.8, 4) is 0 Å². The Morgan fingerprint density at radius 1 is 1.20 bits per heavy atom. The van der Waals surface area contributed by atoms with Crippen molar-refractivity contribution in [3.63, 3.8) is 0 Å². The topological polar surface area (TPSA) is 35.6 Å². The first-order valence-electron chi connectivity index (χ1n) is 9.88. The van der Waals surface area contributed by atoms with Gasteiger partial charge in [-0.2, -0.15) is 0 Å². The fourth-order valence-electron chi connectivity index (χ4n) is 3.52. The Morgan fingerprint density at radius 2 is 1.84 bits per heavy atom. The standard InChI is InChI=1S/C21H35N3O/c1-5-22-15-18-11-13-24(14-12-18)21(25)20-9-7-19(8-10-20)16-23(6-2)17(3)4/h7-10,17-18,22H,5-6,11-16H2,1-4H3. The molecule has 1 N–H and O–H groups in total. The van der Waals surface area contributed by atoms with E-state index < -0.39 is 0 Å². The molecule has 1 aromatic carbocycles. The summed E-state index contributed by atoms with van der Waals surface area (Å²) in [4.78, 5) is 17.2. The third-order valence-corrected chi connectivity index (χ3v) is 5.31. The normalized spacial score (nSPS) is 16.0. The summed E-state index contributed by atoms with van der Waals surface area (Å²) in [6.07, 6.45) is 2.22. The van der Waals surface area contributed by atoms with Crippen molar-refractivity contribution in [2.45, 2.75) is 53.1 Å². The maximum absolute atomic E-state index is 12.7. The lowest BCUT2D eigenvalue weighted by atomic mass is 9.96. The van der Waals surface area contributed by atoms with E-state index in [1.807, 2.05) is 17.0 Å². The van der Waals surface area contributed by atoms with E-state index in [-0.39, 0.29) is 5.91 Å². The van der Waals surface area contributed by atoms with E-state index >= 15 is 0 Å². The van der Waals surface area contributed by atoms with E-state index in [1.165, 1.54) is 5.56 Å². The molecule has 2 rings (SSSR count). The van der Waals surface area contributed by atoms with Crippen LogP contribution in [0.4, 0.5) is 0 Å². The van der Waals surface area contributed by atoms with Gasteiger partial charge in [-0.15, -0.1) is 0 Å². The molecule has 0 saturated carbocycles. The Hall–Kier alpha value is -1.39. The third-order valence-electron chi connectivity index (χ3n) is 5.31. The number of hydrogen-bond acceptors (Lipinski definition) is 3. The molecule has 1 amide bonds. The molecule has 4 heteroatoms. The maximum atomic E-state index is 12.7. The summed E-state index contributed by atoms with van der Waals surface area (Å²) in [5.74, 6) is 0.895. The Bertz CT molecular complexity index is 518. The van der Waals surface area contributed by atoms with Crippen LogP contribution >= 0.6 is 0 Å². The number of carbonyl (C=O) groups excluding carboxylic acids is 1. The van der Waals surface area contributed by atoms with Crippen LogP contribution in [0.1, 0.15) is 56.5 Å². The third kappa shape index (κ3) is 5.82. The highest BCUT2D eigenvalue weighted by Gasteiger charge is 2.23. The minimum absolute atomic E-state index is 0.185. The van der Waals surface area contributed by atoms with Crippen LogP contribution in [-0.2, 0) is 6.54 Å². The van der Waals surface area contributed by atoms with Crippen molar-refractivity contribution in [1.82, 2.24) is 15.1 Å². The Kier molecular flexibility index (Phi) is 7.91. The second-order valence-corrected chi connectivity index (χ2v) is 7.40. The van der Waals surface area contributed by atoms with Gasteiger partial charge in [0.15, 0.2) is 0 Å². The summed E-state index contributed by atoms with van der Waals surface area (Å²) in [6.45, 7) is 14.6. The molecule has 0 aliphatic carbocycles. The quantitative estimate of drug-likeness (QED) is 0.784. The molecule has 0 bridgehead atoms. The van der Waals surface area contributed by atoms with Gasteiger partial charge in [0, 0.05) is 31.2 Å². The molecule has 1 saturated heterocycles.